The second kappa shape index (κ2) is 11.9. The van der Waals surface area contributed by atoms with Crippen LogP contribution in [0, 0.1) is 0 Å². The molecule has 0 unspecified atom stereocenters. The number of anilines is 3. The van der Waals surface area contributed by atoms with Gasteiger partial charge in [-0.2, -0.15) is 5.10 Å². The van der Waals surface area contributed by atoms with E-state index in [4.69, 9.17) is 14.2 Å². The number of fused-ring (bicyclic) bond motifs is 1. The highest BCUT2D eigenvalue weighted by Crippen LogP contribution is 2.26. The van der Waals surface area contributed by atoms with Gasteiger partial charge in [-0.15, -0.1) is 0 Å². The summed E-state index contributed by atoms with van der Waals surface area (Å²) in [7, 11) is 3.32. The first-order chi connectivity index (χ1) is 18.2. The second-order valence-electron chi connectivity index (χ2n) is 8.96. The standard InChI is InChI=1S/C27H33N7O3/c1-35-22-13-19(14-23(17-22)36-2)3-4-21-16-26(33-32-21)31-27-24-6-5-20(15-25(24)29-18-30-27)28-7-8-34-9-11-37-12-10-34/h5-6,13-18,28H,3-4,7-12H2,1-2H3,(H2,29,30,31,32,33). The molecule has 3 heterocycles. The van der Waals surface area contributed by atoms with Crippen LogP contribution in [0.3, 0.4) is 0 Å². The molecule has 1 saturated heterocycles. The van der Waals surface area contributed by atoms with Gasteiger partial charge in [0.05, 0.1) is 33.0 Å². The van der Waals surface area contributed by atoms with Crippen LogP contribution in [-0.2, 0) is 17.6 Å². The normalized spacial score (nSPS) is 14.0. The van der Waals surface area contributed by atoms with Crippen molar-refractivity contribution in [3.05, 3.63) is 60.0 Å². The van der Waals surface area contributed by atoms with Gasteiger partial charge >= 0.3 is 0 Å². The summed E-state index contributed by atoms with van der Waals surface area (Å²) in [4.78, 5) is 11.3. The lowest BCUT2D eigenvalue weighted by molar-refractivity contribution is 0.0398. The third-order valence-electron chi connectivity index (χ3n) is 6.47. The molecule has 194 valence electrons. The lowest BCUT2D eigenvalue weighted by Crippen LogP contribution is -2.38. The van der Waals surface area contributed by atoms with E-state index in [1.165, 1.54) is 0 Å². The van der Waals surface area contributed by atoms with Crippen molar-refractivity contribution in [3.8, 4) is 11.5 Å². The number of H-pyrrole nitrogens is 1. The smallest absolute Gasteiger partial charge is 0.153 e. The molecule has 0 spiro atoms. The molecule has 10 nitrogen and oxygen atoms in total. The summed E-state index contributed by atoms with van der Waals surface area (Å²) < 4.78 is 16.2. The summed E-state index contributed by atoms with van der Waals surface area (Å²) in [5.74, 6) is 3.01. The average molecular weight is 504 g/mol. The Morgan fingerprint density at radius 3 is 2.57 bits per heavy atom. The van der Waals surface area contributed by atoms with Crippen molar-refractivity contribution < 1.29 is 14.2 Å². The Morgan fingerprint density at radius 2 is 1.78 bits per heavy atom. The zero-order valence-corrected chi connectivity index (χ0v) is 21.3. The molecule has 2 aromatic carbocycles. The van der Waals surface area contributed by atoms with E-state index < -0.39 is 0 Å². The fourth-order valence-corrected chi connectivity index (χ4v) is 4.41. The fraction of sp³-hybridized carbons (Fsp3) is 0.370. The number of hydrogen-bond donors (Lipinski definition) is 3. The summed E-state index contributed by atoms with van der Waals surface area (Å²) in [5.41, 5.74) is 4.07. The number of ether oxygens (including phenoxy) is 3. The number of morpholine rings is 1. The first-order valence-electron chi connectivity index (χ1n) is 12.5. The van der Waals surface area contributed by atoms with E-state index in [0.29, 0.717) is 5.82 Å². The number of rotatable bonds is 11. The maximum atomic E-state index is 5.42. The van der Waals surface area contributed by atoms with E-state index in [0.717, 1.165) is 97.4 Å². The van der Waals surface area contributed by atoms with Crippen LogP contribution in [-0.4, -0.2) is 78.7 Å². The summed E-state index contributed by atoms with van der Waals surface area (Å²) in [6.07, 6.45) is 3.20. The van der Waals surface area contributed by atoms with Gasteiger partial charge in [0, 0.05) is 55.1 Å². The van der Waals surface area contributed by atoms with Gasteiger partial charge in [-0.25, -0.2) is 9.97 Å². The highest BCUT2D eigenvalue weighted by Gasteiger charge is 2.11. The van der Waals surface area contributed by atoms with Crippen LogP contribution in [0.5, 0.6) is 11.5 Å². The number of aryl methyl sites for hydroxylation is 2. The van der Waals surface area contributed by atoms with E-state index in [-0.39, 0.29) is 0 Å². The van der Waals surface area contributed by atoms with Gasteiger partial charge < -0.3 is 24.8 Å². The van der Waals surface area contributed by atoms with Crippen molar-refractivity contribution in [2.24, 2.45) is 0 Å². The van der Waals surface area contributed by atoms with Crippen LogP contribution >= 0.6 is 0 Å². The molecule has 0 atom stereocenters. The minimum Gasteiger partial charge on any atom is -0.497 e. The van der Waals surface area contributed by atoms with Gasteiger partial charge in [-0.1, -0.05) is 0 Å². The van der Waals surface area contributed by atoms with E-state index in [1.807, 2.05) is 30.3 Å². The summed E-state index contributed by atoms with van der Waals surface area (Å²) >= 11 is 0. The number of aromatic nitrogens is 4. The highest BCUT2D eigenvalue weighted by atomic mass is 16.5. The minimum atomic E-state index is 0.714. The predicted molar refractivity (Wildman–Crippen MR) is 144 cm³/mol. The number of aromatic amines is 1. The Bertz CT molecular complexity index is 1300. The van der Waals surface area contributed by atoms with Crippen LogP contribution in [0.4, 0.5) is 17.3 Å². The van der Waals surface area contributed by atoms with Crippen molar-refractivity contribution in [1.82, 2.24) is 25.1 Å². The Kier molecular flexibility index (Phi) is 7.97. The van der Waals surface area contributed by atoms with E-state index >= 15 is 0 Å². The molecule has 1 aliphatic heterocycles. The molecule has 0 aliphatic carbocycles. The number of methoxy groups -OCH3 is 2. The van der Waals surface area contributed by atoms with Gasteiger partial charge in [-0.05, 0) is 48.7 Å². The molecule has 5 rings (SSSR count). The predicted octanol–water partition coefficient (Wildman–Crippen LogP) is 3.64. The zero-order valence-electron chi connectivity index (χ0n) is 21.3. The lowest BCUT2D eigenvalue weighted by atomic mass is 10.1. The molecule has 0 radical (unpaired) electrons. The third kappa shape index (κ3) is 6.46. The maximum Gasteiger partial charge on any atom is 0.153 e. The third-order valence-corrected chi connectivity index (χ3v) is 6.47. The quantitative estimate of drug-likeness (QED) is 0.283. The maximum absolute atomic E-state index is 5.42. The Hall–Kier alpha value is -3.89. The number of hydrogen-bond acceptors (Lipinski definition) is 9. The molecule has 2 aromatic heterocycles. The van der Waals surface area contributed by atoms with Crippen molar-refractivity contribution in [2.75, 3.05) is 64.2 Å². The summed E-state index contributed by atoms with van der Waals surface area (Å²) in [6, 6.07) is 14.1. The van der Waals surface area contributed by atoms with Gasteiger partial charge in [0.1, 0.15) is 23.6 Å². The van der Waals surface area contributed by atoms with Crippen LogP contribution in [0.25, 0.3) is 10.9 Å². The summed E-state index contributed by atoms with van der Waals surface area (Å²) in [6.45, 7) is 5.49. The van der Waals surface area contributed by atoms with Crippen LogP contribution in [0.15, 0.2) is 48.8 Å². The zero-order chi connectivity index (χ0) is 25.5. The average Bonchev–Trinajstić information content (AvgIpc) is 3.39. The van der Waals surface area contributed by atoms with Crippen LogP contribution in [0.1, 0.15) is 11.3 Å². The Labute approximate surface area is 216 Å². The molecule has 37 heavy (non-hydrogen) atoms. The van der Waals surface area contributed by atoms with E-state index in [2.05, 4.69) is 47.8 Å². The topological polar surface area (TPSA) is 109 Å². The summed E-state index contributed by atoms with van der Waals surface area (Å²) in [5, 5.41) is 15.3. The number of nitrogens with one attached hydrogen (secondary N) is 3. The van der Waals surface area contributed by atoms with Crippen molar-refractivity contribution >= 4 is 28.2 Å². The minimum absolute atomic E-state index is 0.714. The SMILES string of the molecule is COc1cc(CCc2cc(Nc3ncnc4cc(NCCN5CCOCC5)ccc34)n[nH]2)cc(OC)c1. The van der Waals surface area contributed by atoms with Crippen molar-refractivity contribution in [2.45, 2.75) is 12.8 Å². The lowest BCUT2D eigenvalue weighted by Gasteiger charge is -2.26. The van der Waals surface area contributed by atoms with E-state index in [9.17, 15) is 0 Å². The molecule has 1 fully saturated rings. The largest absolute Gasteiger partial charge is 0.497 e. The van der Waals surface area contributed by atoms with Crippen molar-refractivity contribution in [3.63, 3.8) is 0 Å². The second-order valence-corrected chi connectivity index (χ2v) is 8.96. The number of benzene rings is 2. The van der Waals surface area contributed by atoms with Crippen LogP contribution < -0.4 is 20.1 Å². The van der Waals surface area contributed by atoms with E-state index in [1.54, 1.807) is 20.5 Å². The molecular formula is C27H33N7O3. The van der Waals surface area contributed by atoms with Crippen molar-refractivity contribution in [1.29, 1.82) is 0 Å². The molecule has 10 heteroatoms. The molecule has 1 aliphatic rings. The molecule has 3 N–H and O–H groups in total. The van der Waals surface area contributed by atoms with Gasteiger partial charge in [0.15, 0.2) is 5.82 Å². The Morgan fingerprint density at radius 1 is 0.973 bits per heavy atom. The molecule has 0 saturated carbocycles. The molecule has 0 amide bonds. The van der Waals surface area contributed by atoms with Gasteiger partial charge in [0.2, 0.25) is 0 Å². The monoisotopic (exact) mass is 503 g/mol. The molecular weight excluding hydrogens is 470 g/mol. The first kappa shape index (κ1) is 24.8. The molecule has 0 bridgehead atoms. The van der Waals surface area contributed by atoms with Crippen LogP contribution in [0.2, 0.25) is 0 Å². The Balaban J connectivity index is 1.20. The highest BCUT2D eigenvalue weighted by molar-refractivity contribution is 5.92. The van der Waals surface area contributed by atoms with Gasteiger partial charge in [0.25, 0.3) is 0 Å². The molecule has 4 aromatic rings. The van der Waals surface area contributed by atoms with Gasteiger partial charge in [-0.3, -0.25) is 10.00 Å². The fourth-order valence-electron chi connectivity index (χ4n) is 4.41. The number of nitrogens with zero attached hydrogens (tertiary/aromatic N) is 4. The first-order valence-corrected chi connectivity index (χ1v) is 12.5.